The van der Waals surface area contributed by atoms with Crippen LogP contribution >= 0.6 is 0 Å². The van der Waals surface area contributed by atoms with Gasteiger partial charge in [0.25, 0.3) is 0 Å². The van der Waals surface area contributed by atoms with Crippen molar-refractivity contribution in [2.75, 3.05) is 31.1 Å². The number of piperazine rings is 1. The number of hydrogen-bond acceptors (Lipinski definition) is 2. The largest absolute Gasteiger partial charge is 0.416 e. The maximum atomic E-state index is 13.1. The van der Waals surface area contributed by atoms with Crippen molar-refractivity contribution in [3.05, 3.63) is 64.7 Å². The highest BCUT2D eigenvalue weighted by atomic mass is 19.4. The second-order valence-electron chi connectivity index (χ2n) is 8.38. The number of halogens is 6. The molecule has 3 nitrogen and oxygen atoms in total. The van der Waals surface area contributed by atoms with E-state index in [9.17, 15) is 31.1 Å². The lowest BCUT2D eigenvalue weighted by Gasteiger charge is -2.37. The number of nitrogens with zero attached hydrogens (tertiary/aromatic N) is 2. The van der Waals surface area contributed by atoms with Crippen LogP contribution in [0.25, 0.3) is 0 Å². The number of aryl methyl sites for hydroxylation is 1. The Labute approximate surface area is 181 Å². The zero-order valence-electron chi connectivity index (χ0n) is 17.3. The van der Waals surface area contributed by atoms with Gasteiger partial charge in [0.15, 0.2) is 0 Å². The molecule has 2 fully saturated rings. The summed E-state index contributed by atoms with van der Waals surface area (Å²) in [5, 5.41) is 0. The predicted molar refractivity (Wildman–Crippen MR) is 107 cm³/mol. The van der Waals surface area contributed by atoms with Crippen LogP contribution in [0.5, 0.6) is 0 Å². The molecular weight excluding hydrogens is 434 g/mol. The topological polar surface area (TPSA) is 23.6 Å². The fourth-order valence-electron chi connectivity index (χ4n) is 4.31. The van der Waals surface area contributed by atoms with Gasteiger partial charge in [0.2, 0.25) is 5.91 Å². The van der Waals surface area contributed by atoms with Crippen molar-refractivity contribution in [2.45, 2.75) is 31.6 Å². The third kappa shape index (κ3) is 4.56. The number of benzene rings is 2. The van der Waals surface area contributed by atoms with Gasteiger partial charge in [-0.3, -0.25) is 4.79 Å². The first kappa shape index (κ1) is 22.5. The molecule has 1 aliphatic heterocycles. The quantitative estimate of drug-likeness (QED) is 0.571. The number of rotatable bonds is 3. The molecule has 9 heteroatoms. The van der Waals surface area contributed by atoms with E-state index in [0.717, 1.165) is 29.8 Å². The van der Waals surface area contributed by atoms with Crippen molar-refractivity contribution in [3.8, 4) is 0 Å². The van der Waals surface area contributed by atoms with Crippen LogP contribution in [0.15, 0.2) is 42.5 Å². The number of carbonyl (C=O) groups is 1. The minimum absolute atomic E-state index is 0.104. The Balaban J connectivity index is 1.38. The first-order chi connectivity index (χ1) is 14.9. The van der Waals surface area contributed by atoms with Crippen molar-refractivity contribution in [3.63, 3.8) is 0 Å². The standard InChI is InChI=1S/C23H22F6N2O/c1-14-5-6-17(23(27,28)29)12-20(14)30-7-9-31(10-8-30)21(32)19-13-18(19)15-3-2-4-16(11-15)22(24,25)26/h2-6,11-12,18-19H,7-10,13H2,1H3/t18-,19?/m0/s1. The zero-order chi connectivity index (χ0) is 23.3. The van der Waals surface area contributed by atoms with Crippen molar-refractivity contribution >= 4 is 11.6 Å². The molecular formula is C23H22F6N2O. The fourth-order valence-corrected chi connectivity index (χ4v) is 4.31. The second kappa shape index (κ2) is 8.01. The van der Waals surface area contributed by atoms with Gasteiger partial charge >= 0.3 is 12.4 Å². The van der Waals surface area contributed by atoms with Gasteiger partial charge < -0.3 is 9.80 Å². The van der Waals surface area contributed by atoms with Gasteiger partial charge in [-0.15, -0.1) is 0 Å². The summed E-state index contributed by atoms with van der Waals surface area (Å²) in [6.07, 6.45) is -8.35. The predicted octanol–water partition coefficient (Wildman–Crippen LogP) is 5.48. The van der Waals surface area contributed by atoms with Crippen LogP contribution in [-0.2, 0) is 17.1 Å². The number of amides is 1. The Kier molecular flexibility index (Phi) is 5.63. The third-order valence-electron chi connectivity index (χ3n) is 6.22. The lowest BCUT2D eigenvalue weighted by atomic mass is 10.0. The number of carbonyl (C=O) groups excluding carboxylic acids is 1. The molecule has 32 heavy (non-hydrogen) atoms. The second-order valence-corrected chi connectivity index (χ2v) is 8.38. The summed E-state index contributed by atoms with van der Waals surface area (Å²) in [6, 6.07) is 8.72. The molecule has 2 aliphatic rings. The number of alkyl halides is 6. The lowest BCUT2D eigenvalue weighted by molar-refractivity contribution is -0.138. The molecule has 0 bridgehead atoms. The average molecular weight is 456 g/mol. The number of anilines is 1. The molecule has 1 heterocycles. The average Bonchev–Trinajstić information content (AvgIpc) is 3.53. The SMILES string of the molecule is Cc1ccc(C(F)(F)F)cc1N1CCN(C(=O)C2C[C@H]2c2cccc(C(F)(F)F)c2)CC1. The van der Waals surface area contributed by atoms with Gasteiger partial charge in [-0.25, -0.2) is 0 Å². The van der Waals surface area contributed by atoms with Gasteiger partial charge in [-0.05, 0) is 48.6 Å². The van der Waals surface area contributed by atoms with E-state index in [1.165, 1.54) is 12.1 Å². The van der Waals surface area contributed by atoms with Crippen LogP contribution in [0.4, 0.5) is 32.0 Å². The van der Waals surface area contributed by atoms with Crippen molar-refractivity contribution in [1.82, 2.24) is 4.90 Å². The van der Waals surface area contributed by atoms with E-state index in [2.05, 4.69) is 0 Å². The zero-order valence-corrected chi connectivity index (χ0v) is 17.3. The van der Waals surface area contributed by atoms with Crippen molar-refractivity contribution in [2.24, 2.45) is 5.92 Å². The molecule has 1 unspecified atom stereocenters. The van der Waals surface area contributed by atoms with Crippen LogP contribution in [0.3, 0.4) is 0 Å². The smallest absolute Gasteiger partial charge is 0.368 e. The van der Waals surface area contributed by atoms with Crippen LogP contribution in [0, 0.1) is 12.8 Å². The van der Waals surface area contributed by atoms with E-state index >= 15 is 0 Å². The van der Waals surface area contributed by atoms with E-state index in [0.29, 0.717) is 43.9 Å². The Morgan fingerprint density at radius 1 is 0.875 bits per heavy atom. The first-order valence-electron chi connectivity index (χ1n) is 10.3. The minimum Gasteiger partial charge on any atom is -0.368 e. The van der Waals surface area contributed by atoms with E-state index in [4.69, 9.17) is 0 Å². The summed E-state index contributed by atoms with van der Waals surface area (Å²) >= 11 is 0. The minimum atomic E-state index is -4.43. The summed E-state index contributed by atoms with van der Waals surface area (Å²) in [4.78, 5) is 16.4. The Hall–Kier alpha value is -2.71. The van der Waals surface area contributed by atoms with Gasteiger partial charge in [-0.1, -0.05) is 24.3 Å². The third-order valence-corrected chi connectivity index (χ3v) is 6.22. The lowest BCUT2D eigenvalue weighted by Crippen LogP contribution is -2.49. The molecule has 0 spiro atoms. The summed E-state index contributed by atoms with van der Waals surface area (Å²) in [5.41, 5.74) is 0.304. The Bertz CT molecular complexity index is 1010. The van der Waals surface area contributed by atoms with Gasteiger partial charge in [0, 0.05) is 37.8 Å². The Morgan fingerprint density at radius 3 is 2.12 bits per heavy atom. The highest BCUT2D eigenvalue weighted by Crippen LogP contribution is 2.49. The molecule has 2 atom stereocenters. The molecule has 172 valence electrons. The molecule has 2 aromatic carbocycles. The maximum absolute atomic E-state index is 13.1. The summed E-state index contributed by atoms with van der Waals surface area (Å²) in [7, 11) is 0. The van der Waals surface area contributed by atoms with Crippen molar-refractivity contribution in [1.29, 1.82) is 0 Å². The van der Waals surface area contributed by atoms with Crippen LogP contribution in [0.2, 0.25) is 0 Å². The molecule has 1 aliphatic carbocycles. The fraction of sp³-hybridized carbons (Fsp3) is 0.435. The normalized spacial score (nSPS) is 21.6. The van der Waals surface area contributed by atoms with E-state index in [1.54, 1.807) is 17.9 Å². The molecule has 0 aromatic heterocycles. The molecule has 0 N–H and O–H groups in total. The van der Waals surface area contributed by atoms with E-state index < -0.39 is 23.5 Å². The molecule has 1 saturated carbocycles. The summed E-state index contributed by atoms with van der Waals surface area (Å²) < 4.78 is 78.0. The number of hydrogen-bond donors (Lipinski definition) is 0. The van der Waals surface area contributed by atoms with Crippen LogP contribution in [0.1, 0.15) is 34.6 Å². The molecule has 4 rings (SSSR count). The highest BCUT2D eigenvalue weighted by Gasteiger charge is 2.46. The molecule has 2 aromatic rings. The molecule has 0 radical (unpaired) electrons. The van der Waals surface area contributed by atoms with Crippen LogP contribution < -0.4 is 4.90 Å². The van der Waals surface area contributed by atoms with Crippen molar-refractivity contribution < 1.29 is 31.1 Å². The highest BCUT2D eigenvalue weighted by molar-refractivity contribution is 5.83. The van der Waals surface area contributed by atoms with E-state index in [1.807, 2.05) is 4.90 Å². The van der Waals surface area contributed by atoms with Gasteiger partial charge in [-0.2, -0.15) is 26.3 Å². The first-order valence-corrected chi connectivity index (χ1v) is 10.3. The van der Waals surface area contributed by atoms with Gasteiger partial charge in [0.05, 0.1) is 11.1 Å². The molecule has 1 amide bonds. The monoisotopic (exact) mass is 456 g/mol. The maximum Gasteiger partial charge on any atom is 0.416 e. The Morgan fingerprint density at radius 2 is 1.50 bits per heavy atom. The summed E-state index contributed by atoms with van der Waals surface area (Å²) in [5.74, 6) is -0.679. The van der Waals surface area contributed by atoms with Gasteiger partial charge in [0.1, 0.15) is 0 Å². The van der Waals surface area contributed by atoms with E-state index in [-0.39, 0.29) is 17.7 Å². The van der Waals surface area contributed by atoms with Crippen LogP contribution in [-0.4, -0.2) is 37.0 Å². The molecule has 1 saturated heterocycles. The summed E-state index contributed by atoms with van der Waals surface area (Å²) in [6.45, 7) is 3.27.